The van der Waals surface area contributed by atoms with E-state index in [4.69, 9.17) is 16.3 Å². The first-order chi connectivity index (χ1) is 12.5. The quantitative estimate of drug-likeness (QED) is 0.818. The zero-order valence-corrected chi connectivity index (χ0v) is 16.2. The Morgan fingerprint density at radius 1 is 1.04 bits per heavy atom. The molecule has 0 aliphatic carbocycles. The summed E-state index contributed by atoms with van der Waals surface area (Å²) in [4.78, 5) is 2.48. The molecule has 0 bridgehead atoms. The van der Waals surface area contributed by atoms with Crippen molar-refractivity contribution in [1.82, 2.24) is 9.62 Å². The maximum Gasteiger partial charge on any atom is 0.240 e. The van der Waals surface area contributed by atoms with Crippen LogP contribution in [0.15, 0.2) is 59.5 Å². The predicted molar refractivity (Wildman–Crippen MR) is 103 cm³/mol. The summed E-state index contributed by atoms with van der Waals surface area (Å²) in [5.41, 5.74) is 1.08. The number of nitrogens with zero attached hydrogens (tertiary/aromatic N) is 1. The molecule has 0 aromatic heterocycles. The SMILES string of the molecule is C[C@H](NS(=O)(=O)c1ccc(Cl)cc1)[C@@H](c1ccccc1)N1CCOCC1. The van der Waals surface area contributed by atoms with Crippen molar-refractivity contribution in [2.75, 3.05) is 26.3 Å². The molecule has 5 nitrogen and oxygen atoms in total. The van der Waals surface area contributed by atoms with E-state index in [0.29, 0.717) is 18.2 Å². The number of nitrogens with one attached hydrogen (secondary N) is 1. The van der Waals surface area contributed by atoms with Gasteiger partial charge in [0.15, 0.2) is 0 Å². The molecule has 1 fully saturated rings. The molecular formula is C19H23ClN2O3S. The Balaban J connectivity index is 1.85. The summed E-state index contributed by atoms with van der Waals surface area (Å²) in [5, 5.41) is 0.507. The molecule has 0 spiro atoms. The largest absolute Gasteiger partial charge is 0.379 e. The van der Waals surface area contributed by atoms with Crippen LogP contribution in [0.4, 0.5) is 0 Å². The summed E-state index contributed by atoms with van der Waals surface area (Å²) in [6.45, 7) is 4.75. The van der Waals surface area contributed by atoms with Crippen molar-refractivity contribution in [2.24, 2.45) is 0 Å². The Morgan fingerprint density at radius 3 is 2.27 bits per heavy atom. The summed E-state index contributed by atoms with van der Waals surface area (Å²) < 4.78 is 33.8. The lowest BCUT2D eigenvalue weighted by Gasteiger charge is -2.38. The minimum absolute atomic E-state index is 0.0674. The van der Waals surface area contributed by atoms with Gasteiger partial charge >= 0.3 is 0 Å². The number of morpholine rings is 1. The molecule has 1 aliphatic rings. The number of rotatable bonds is 6. The molecule has 2 atom stereocenters. The van der Waals surface area contributed by atoms with Gasteiger partial charge in [-0.05, 0) is 36.8 Å². The molecule has 0 radical (unpaired) electrons. The predicted octanol–water partition coefficient (Wildman–Crippen LogP) is 3.08. The third kappa shape index (κ3) is 4.64. The van der Waals surface area contributed by atoms with Crippen LogP contribution in [0.5, 0.6) is 0 Å². The Morgan fingerprint density at radius 2 is 1.65 bits per heavy atom. The van der Waals surface area contributed by atoms with Crippen LogP contribution < -0.4 is 4.72 Å². The number of halogens is 1. The molecule has 0 unspecified atom stereocenters. The molecule has 0 saturated carbocycles. The minimum Gasteiger partial charge on any atom is -0.379 e. The smallest absolute Gasteiger partial charge is 0.240 e. The fraction of sp³-hybridized carbons (Fsp3) is 0.368. The van der Waals surface area contributed by atoms with Gasteiger partial charge in [0, 0.05) is 24.2 Å². The van der Waals surface area contributed by atoms with Crippen LogP contribution in [-0.4, -0.2) is 45.7 Å². The van der Waals surface area contributed by atoms with Crippen molar-refractivity contribution in [1.29, 1.82) is 0 Å². The normalized spacial score (nSPS) is 18.4. The monoisotopic (exact) mass is 394 g/mol. The summed E-state index contributed by atoms with van der Waals surface area (Å²) in [6.07, 6.45) is 0. The summed E-state index contributed by atoms with van der Waals surface area (Å²) in [5.74, 6) is 0. The molecule has 2 aromatic carbocycles. The molecule has 0 amide bonds. The highest BCUT2D eigenvalue weighted by Gasteiger charge is 2.30. The molecule has 1 saturated heterocycles. The van der Waals surface area contributed by atoms with Crippen molar-refractivity contribution in [3.05, 3.63) is 65.2 Å². The third-order valence-electron chi connectivity index (χ3n) is 4.52. The van der Waals surface area contributed by atoms with Gasteiger partial charge < -0.3 is 4.74 Å². The number of benzene rings is 2. The van der Waals surface area contributed by atoms with Crippen molar-refractivity contribution in [2.45, 2.75) is 23.9 Å². The lowest BCUT2D eigenvalue weighted by atomic mass is 9.99. The molecule has 1 heterocycles. The highest BCUT2D eigenvalue weighted by atomic mass is 35.5. The minimum atomic E-state index is -3.63. The van der Waals surface area contributed by atoms with Crippen LogP contribution in [-0.2, 0) is 14.8 Å². The molecule has 2 aromatic rings. The van der Waals surface area contributed by atoms with Crippen molar-refractivity contribution in [3.8, 4) is 0 Å². The molecule has 3 rings (SSSR count). The van der Waals surface area contributed by atoms with Crippen LogP contribution >= 0.6 is 11.6 Å². The van der Waals surface area contributed by atoms with Gasteiger partial charge in [0.1, 0.15) is 0 Å². The summed E-state index contributed by atoms with van der Waals surface area (Å²) in [7, 11) is -3.63. The average Bonchev–Trinajstić information content (AvgIpc) is 2.63. The van der Waals surface area contributed by atoms with E-state index in [1.807, 2.05) is 37.3 Å². The van der Waals surface area contributed by atoms with E-state index in [1.54, 1.807) is 12.1 Å². The lowest BCUT2D eigenvalue weighted by molar-refractivity contribution is 0.0105. The van der Waals surface area contributed by atoms with E-state index >= 15 is 0 Å². The van der Waals surface area contributed by atoms with Crippen molar-refractivity contribution in [3.63, 3.8) is 0 Å². The fourth-order valence-electron chi connectivity index (χ4n) is 3.31. The van der Waals surface area contributed by atoms with Gasteiger partial charge in [-0.15, -0.1) is 0 Å². The van der Waals surface area contributed by atoms with E-state index < -0.39 is 10.0 Å². The van der Waals surface area contributed by atoms with Gasteiger partial charge in [0.2, 0.25) is 10.0 Å². The van der Waals surface area contributed by atoms with E-state index in [0.717, 1.165) is 18.7 Å². The van der Waals surface area contributed by atoms with Crippen LogP contribution in [0, 0.1) is 0 Å². The molecule has 26 heavy (non-hydrogen) atoms. The van der Waals surface area contributed by atoms with E-state index in [-0.39, 0.29) is 17.0 Å². The average molecular weight is 395 g/mol. The van der Waals surface area contributed by atoms with Crippen LogP contribution in [0.2, 0.25) is 5.02 Å². The van der Waals surface area contributed by atoms with E-state index in [1.165, 1.54) is 12.1 Å². The van der Waals surface area contributed by atoms with Gasteiger partial charge in [-0.3, -0.25) is 4.90 Å². The molecule has 1 N–H and O–H groups in total. The first kappa shape index (κ1) is 19.3. The first-order valence-corrected chi connectivity index (χ1v) is 10.5. The van der Waals surface area contributed by atoms with Crippen LogP contribution in [0.3, 0.4) is 0 Å². The highest BCUT2D eigenvalue weighted by Crippen LogP contribution is 2.26. The third-order valence-corrected chi connectivity index (χ3v) is 6.35. The van der Waals surface area contributed by atoms with Crippen molar-refractivity contribution < 1.29 is 13.2 Å². The van der Waals surface area contributed by atoms with E-state index in [2.05, 4.69) is 9.62 Å². The zero-order valence-electron chi connectivity index (χ0n) is 14.6. The molecule has 140 valence electrons. The van der Waals surface area contributed by atoms with Gasteiger partial charge in [0.05, 0.1) is 24.2 Å². The Hall–Kier alpha value is -1.44. The maximum absolute atomic E-state index is 12.8. The van der Waals surface area contributed by atoms with E-state index in [9.17, 15) is 8.42 Å². The second-order valence-electron chi connectivity index (χ2n) is 6.37. The maximum atomic E-state index is 12.8. The highest BCUT2D eigenvalue weighted by molar-refractivity contribution is 7.89. The fourth-order valence-corrected chi connectivity index (χ4v) is 4.69. The Bertz CT molecular complexity index is 806. The number of sulfonamides is 1. The lowest BCUT2D eigenvalue weighted by Crippen LogP contribution is -2.48. The van der Waals surface area contributed by atoms with Gasteiger partial charge in [-0.25, -0.2) is 13.1 Å². The molecule has 1 aliphatic heterocycles. The first-order valence-electron chi connectivity index (χ1n) is 8.62. The van der Waals surface area contributed by atoms with Gasteiger partial charge in [0.25, 0.3) is 0 Å². The Labute approximate surface area is 160 Å². The van der Waals surface area contributed by atoms with Crippen molar-refractivity contribution >= 4 is 21.6 Å². The number of hydrogen-bond acceptors (Lipinski definition) is 4. The summed E-state index contributed by atoms with van der Waals surface area (Å²) in [6, 6.07) is 15.8. The topological polar surface area (TPSA) is 58.6 Å². The van der Waals surface area contributed by atoms with Crippen LogP contribution in [0.25, 0.3) is 0 Å². The number of hydrogen-bond donors (Lipinski definition) is 1. The van der Waals surface area contributed by atoms with Crippen LogP contribution in [0.1, 0.15) is 18.5 Å². The molecule has 7 heteroatoms. The molecular weight excluding hydrogens is 372 g/mol. The standard InChI is InChI=1S/C19H23ClN2O3S/c1-15(21-26(23,24)18-9-7-17(20)8-10-18)19(16-5-3-2-4-6-16)22-11-13-25-14-12-22/h2-10,15,19,21H,11-14H2,1H3/t15-,19-/m0/s1. The summed E-state index contributed by atoms with van der Waals surface area (Å²) >= 11 is 5.87. The zero-order chi connectivity index (χ0) is 18.6. The Kier molecular flexibility index (Phi) is 6.32. The second-order valence-corrected chi connectivity index (χ2v) is 8.52. The van der Waals surface area contributed by atoms with Gasteiger partial charge in [-0.1, -0.05) is 41.9 Å². The number of ether oxygens (including phenoxy) is 1. The van der Waals surface area contributed by atoms with Gasteiger partial charge in [-0.2, -0.15) is 0 Å². The second kappa shape index (κ2) is 8.50.